The molecule has 0 bridgehead atoms. The molecule has 0 unspecified atom stereocenters. The quantitative estimate of drug-likeness (QED) is 0.598. The Kier molecular flexibility index (Phi) is 1.95. The van der Waals surface area contributed by atoms with Gasteiger partial charge in [0.1, 0.15) is 0 Å². The summed E-state index contributed by atoms with van der Waals surface area (Å²) in [5.41, 5.74) is 0. The Balaban J connectivity index is 2.88. The molecule has 0 aromatic heterocycles. The van der Waals surface area contributed by atoms with Crippen LogP contribution in [0.5, 0.6) is 0 Å². The number of fused-ring (bicyclic) bond motifs is 1. The normalized spacial score (nSPS) is 10.5. The molecule has 59 valence electrons. The molecule has 0 aliphatic carbocycles. The second kappa shape index (κ2) is 2.96. The molecule has 2 heteroatoms. The van der Waals surface area contributed by atoms with Crippen molar-refractivity contribution in [2.45, 2.75) is 0 Å². The van der Waals surface area contributed by atoms with Crippen LogP contribution in [0, 0.1) is 6.07 Å². The first kappa shape index (κ1) is 7.90. The van der Waals surface area contributed by atoms with Gasteiger partial charge in [0, 0.05) is 21.5 Å². The van der Waals surface area contributed by atoms with Crippen molar-refractivity contribution in [2.24, 2.45) is 0 Å². The lowest BCUT2D eigenvalue weighted by Gasteiger charge is -1.99. The van der Waals surface area contributed by atoms with Gasteiger partial charge < -0.3 is 0 Å². The first-order valence-corrected chi connectivity index (χ1v) is 4.28. The summed E-state index contributed by atoms with van der Waals surface area (Å²) in [5.74, 6) is 0. The molecule has 2 rings (SSSR count). The predicted molar refractivity (Wildman–Crippen MR) is 52.8 cm³/mol. The van der Waals surface area contributed by atoms with Gasteiger partial charge >= 0.3 is 0 Å². The van der Waals surface area contributed by atoms with Crippen molar-refractivity contribution in [3.63, 3.8) is 0 Å². The summed E-state index contributed by atoms with van der Waals surface area (Å²) in [7, 11) is 0. The molecule has 0 amide bonds. The first-order chi connectivity index (χ1) is 5.77. The largest absolute Gasteiger partial charge is 0.0837 e. The molecule has 0 nitrogen and oxygen atoms in total. The van der Waals surface area contributed by atoms with Crippen LogP contribution in [0.3, 0.4) is 0 Å². The number of rotatable bonds is 0. The fraction of sp³-hybridized carbons (Fsp3) is 0. The number of hydrogen-bond donors (Lipinski definition) is 0. The fourth-order valence-electron chi connectivity index (χ4n) is 1.15. The van der Waals surface area contributed by atoms with Crippen molar-refractivity contribution >= 4 is 34.0 Å². The number of benzene rings is 2. The average molecular weight is 196 g/mol. The molecule has 0 N–H and O–H groups in total. The molecule has 0 fully saturated rings. The summed E-state index contributed by atoms with van der Waals surface area (Å²) in [5, 5.41) is 3.36. The van der Waals surface area contributed by atoms with Crippen molar-refractivity contribution < 1.29 is 0 Å². The van der Waals surface area contributed by atoms with E-state index in [1.165, 1.54) is 0 Å². The van der Waals surface area contributed by atoms with Crippen molar-refractivity contribution in [3.8, 4) is 0 Å². The maximum absolute atomic E-state index is 5.96. The van der Waals surface area contributed by atoms with Crippen molar-refractivity contribution in [1.82, 2.24) is 0 Å². The topological polar surface area (TPSA) is 0 Å². The molecule has 2 aromatic carbocycles. The molecule has 0 saturated carbocycles. The second-order valence-electron chi connectivity index (χ2n) is 2.52. The Labute approximate surface area is 80.7 Å². The molecule has 2 aromatic rings. The monoisotopic (exact) mass is 195 g/mol. The van der Waals surface area contributed by atoms with Crippen LogP contribution in [0.4, 0.5) is 0 Å². The minimum absolute atomic E-state index is 0.593. The summed E-state index contributed by atoms with van der Waals surface area (Å²) in [4.78, 5) is 0. The molecule has 0 heterocycles. The van der Waals surface area contributed by atoms with E-state index in [0.717, 1.165) is 15.8 Å². The Morgan fingerprint density at radius 2 is 2.00 bits per heavy atom. The van der Waals surface area contributed by atoms with Gasteiger partial charge in [0.15, 0.2) is 0 Å². The Bertz CT molecular complexity index is 421. The van der Waals surface area contributed by atoms with Gasteiger partial charge in [0.05, 0.1) is 0 Å². The maximum atomic E-state index is 5.96. The van der Waals surface area contributed by atoms with Gasteiger partial charge in [-0.1, -0.05) is 35.3 Å². The molecule has 0 aliphatic heterocycles. The number of hydrogen-bond acceptors (Lipinski definition) is 0. The Morgan fingerprint density at radius 1 is 1.17 bits per heavy atom. The van der Waals surface area contributed by atoms with Crippen LogP contribution >= 0.6 is 23.2 Å². The van der Waals surface area contributed by atoms with E-state index < -0.39 is 0 Å². The van der Waals surface area contributed by atoms with Gasteiger partial charge in [-0.25, -0.2) is 0 Å². The van der Waals surface area contributed by atoms with Crippen molar-refractivity contribution in [3.05, 3.63) is 46.4 Å². The standard InChI is InChI=1S/C10H5Cl2/c11-8-5-4-7-2-1-3-10(12)9(7)6-8/h1-4,6H. The SMILES string of the molecule is Clc1[c]cc2cccc(Cl)c2c1. The van der Waals surface area contributed by atoms with Crippen molar-refractivity contribution in [2.75, 3.05) is 0 Å². The van der Waals surface area contributed by atoms with Crippen LogP contribution in [0.25, 0.3) is 10.8 Å². The molecule has 1 radical (unpaired) electrons. The van der Waals surface area contributed by atoms with Crippen molar-refractivity contribution in [1.29, 1.82) is 0 Å². The predicted octanol–water partition coefficient (Wildman–Crippen LogP) is 3.95. The molecule has 0 spiro atoms. The lowest BCUT2D eigenvalue weighted by atomic mass is 10.1. The van der Waals surface area contributed by atoms with Gasteiger partial charge in [-0.2, -0.15) is 0 Å². The van der Waals surface area contributed by atoms with E-state index in [-0.39, 0.29) is 0 Å². The molecular weight excluding hydrogens is 191 g/mol. The van der Waals surface area contributed by atoms with Crippen LogP contribution in [0.15, 0.2) is 30.3 Å². The highest BCUT2D eigenvalue weighted by atomic mass is 35.5. The highest BCUT2D eigenvalue weighted by molar-refractivity contribution is 6.36. The molecule has 12 heavy (non-hydrogen) atoms. The van der Waals surface area contributed by atoms with Crippen LogP contribution in [-0.4, -0.2) is 0 Å². The first-order valence-electron chi connectivity index (χ1n) is 3.53. The van der Waals surface area contributed by atoms with Gasteiger partial charge in [-0.3, -0.25) is 0 Å². The van der Waals surface area contributed by atoms with Crippen LogP contribution in [0.2, 0.25) is 10.0 Å². The maximum Gasteiger partial charge on any atom is 0.0491 e. The lowest BCUT2D eigenvalue weighted by Crippen LogP contribution is -1.73. The Morgan fingerprint density at radius 3 is 2.83 bits per heavy atom. The number of halogens is 2. The lowest BCUT2D eigenvalue weighted by molar-refractivity contribution is 1.73. The third-order valence-corrected chi connectivity index (χ3v) is 2.27. The summed E-state index contributed by atoms with van der Waals surface area (Å²) in [6.07, 6.45) is 0. The smallest absolute Gasteiger partial charge is 0.0491 e. The third kappa shape index (κ3) is 1.28. The van der Waals surface area contributed by atoms with E-state index in [1.54, 1.807) is 0 Å². The van der Waals surface area contributed by atoms with Gasteiger partial charge in [0.2, 0.25) is 0 Å². The van der Waals surface area contributed by atoms with Crippen LogP contribution in [-0.2, 0) is 0 Å². The fourth-order valence-corrected chi connectivity index (χ4v) is 1.55. The van der Waals surface area contributed by atoms with Crippen LogP contribution < -0.4 is 0 Å². The second-order valence-corrected chi connectivity index (χ2v) is 3.34. The summed E-state index contributed by atoms with van der Waals surface area (Å²) >= 11 is 11.7. The van der Waals surface area contributed by atoms with E-state index in [0.29, 0.717) is 5.02 Å². The molecule has 0 aliphatic rings. The summed E-state index contributed by atoms with van der Waals surface area (Å²) in [6, 6.07) is 12.3. The zero-order valence-electron chi connectivity index (χ0n) is 6.14. The van der Waals surface area contributed by atoms with Gasteiger partial charge in [-0.05, 0) is 23.6 Å². The molecule has 0 saturated heterocycles. The average Bonchev–Trinajstić information content (AvgIpc) is 2.07. The molecule has 0 atom stereocenters. The van der Waals surface area contributed by atoms with E-state index in [4.69, 9.17) is 23.2 Å². The zero-order chi connectivity index (χ0) is 8.55. The van der Waals surface area contributed by atoms with E-state index >= 15 is 0 Å². The highest BCUT2D eigenvalue weighted by Gasteiger charge is 1.97. The van der Waals surface area contributed by atoms with Gasteiger partial charge in [-0.15, -0.1) is 0 Å². The molecular formula is C10H5Cl2. The van der Waals surface area contributed by atoms with E-state index in [2.05, 4.69) is 6.07 Å². The van der Waals surface area contributed by atoms with E-state index in [1.807, 2.05) is 30.3 Å². The van der Waals surface area contributed by atoms with Crippen LogP contribution in [0.1, 0.15) is 0 Å². The Hall–Kier alpha value is -0.720. The minimum atomic E-state index is 0.593. The third-order valence-electron chi connectivity index (χ3n) is 1.72. The summed E-state index contributed by atoms with van der Waals surface area (Å²) in [6.45, 7) is 0. The minimum Gasteiger partial charge on any atom is -0.0837 e. The summed E-state index contributed by atoms with van der Waals surface area (Å²) < 4.78 is 0. The highest BCUT2D eigenvalue weighted by Crippen LogP contribution is 2.25. The van der Waals surface area contributed by atoms with E-state index in [9.17, 15) is 0 Å². The van der Waals surface area contributed by atoms with Gasteiger partial charge in [0.25, 0.3) is 0 Å². The zero-order valence-corrected chi connectivity index (χ0v) is 7.65.